The first-order valence-electron chi connectivity index (χ1n) is 6.49. The Hall–Kier alpha value is -1.73. The van der Waals surface area contributed by atoms with E-state index in [1.54, 1.807) is 6.20 Å². The van der Waals surface area contributed by atoms with E-state index in [0.717, 1.165) is 29.9 Å². The van der Waals surface area contributed by atoms with E-state index in [2.05, 4.69) is 15.2 Å². The van der Waals surface area contributed by atoms with Gasteiger partial charge in [0, 0.05) is 12.7 Å². The minimum atomic E-state index is -3.19. The van der Waals surface area contributed by atoms with E-state index in [-0.39, 0.29) is 6.04 Å². The first-order valence-corrected chi connectivity index (χ1v) is 8.34. The maximum atomic E-state index is 11.8. The minimum Gasteiger partial charge on any atom is -0.276 e. The van der Waals surface area contributed by atoms with Gasteiger partial charge in [-0.3, -0.25) is 5.10 Å². The quantitative estimate of drug-likeness (QED) is 0.931. The molecule has 106 valence electrons. The SMILES string of the molecule is CS(=O)(=O)N1CCC[C@@H]1c1cccc(-c2ccn[nH]2)n1. The van der Waals surface area contributed by atoms with Crippen LogP contribution in [-0.2, 0) is 10.0 Å². The summed E-state index contributed by atoms with van der Waals surface area (Å²) in [6.45, 7) is 0.569. The molecule has 0 saturated carbocycles. The average Bonchev–Trinajstić information content (AvgIpc) is 3.10. The molecule has 0 unspecified atom stereocenters. The number of hydrogen-bond acceptors (Lipinski definition) is 4. The zero-order valence-electron chi connectivity index (χ0n) is 11.2. The molecule has 0 spiro atoms. The molecule has 1 aliphatic heterocycles. The zero-order chi connectivity index (χ0) is 14.2. The van der Waals surface area contributed by atoms with Crippen LogP contribution in [0.2, 0.25) is 0 Å². The molecule has 3 heterocycles. The summed E-state index contributed by atoms with van der Waals surface area (Å²) in [5.41, 5.74) is 2.40. The van der Waals surface area contributed by atoms with Crippen LogP contribution < -0.4 is 0 Å². The minimum absolute atomic E-state index is 0.159. The molecule has 2 aromatic heterocycles. The molecule has 1 saturated heterocycles. The van der Waals surface area contributed by atoms with Gasteiger partial charge in [-0.05, 0) is 31.0 Å². The van der Waals surface area contributed by atoms with E-state index in [9.17, 15) is 8.42 Å². The first kappa shape index (κ1) is 13.3. The number of H-pyrrole nitrogens is 1. The molecule has 0 aromatic carbocycles. The Morgan fingerprint density at radius 2 is 2.20 bits per heavy atom. The molecule has 7 heteroatoms. The maximum absolute atomic E-state index is 11.8. The van der Waals surface area contributed by atoms with Crippen molar-refractivity contribution in [3.63, 3.8) is 0 Å². The van der Waals surface area contributed by atoms with E-state index >= 15 is 0 Å². The Morgan fingerprint density at radius 1 is 1.35 bits per heavy atom. The number of aromatic amines is 1. The van der Waals surface area contributed by atoms with E-state index < -0.39 is 10.0 Å². The molecule has 0 amide bonds. The highest BCUT2D eigenvalue weighted by atomic mass is 32.2. The first-order chi connectivity index (χ1) is 9.55. The van der Waals surface area contributed by atoms with Gasteiger partial charge in [0.05, 0.1) is 29.4 Å². The molecular formula is C13H16N4O2S. The largest absolute Gasteiger partial charge is 0.276 e. The van der Waals surface area contributed by atoms with Crippen molar-refractivity contribution in [1.82, 2.24) is 19.5 Å². The van der Waals surface area contributed by atoms with E-state index in [1.807, 2.05) is 24.3 Å². The predicted molar refractivity (Wildman–Crippen MR) is 75.3 cm³/mol. The number of pyridine rings is 1. The van der Waals surface area contributed by atoms with Crippen LogP contribution in [0.5, 0.6) is 0 Å². The highest BCUT2D eigenvalue weighted by Gasteiger charge is 2.33. The van der Waals surface area contributed by atoms with Gasteiger partial charge < -0.3 is 0 Å². The van der Waals surface area contributed by atoms with Crippen LogP contribution in [0.4, 0.5) is 0 Å². The van der Waals surface area contributed by atoms with Gasteiger partial charge in [-0.15, -0.1) is 0 Å². The second-order valence-electron chi connectivity index (χ2n) is 4.95. The molecule has 1 aliphatic rings. The fourth-order valence-electron chi connectivity index (χ4n) is 2.62. The van der Waals surface area contributed by atoms with Crippen LogP contribution in [-0.4, -0.2) is 40.7 Å². The number of sulfonamides is 1. The molecule has 6 nitrogen and oxygen atoms in total. The predicted octanol–water partition coefficient (Wildman–Crippen LogP) is 1.57. The molecule has 0 aliphatic carbocycles. The van der Waals surface area contributed by atoms with Crippen molar-refractivity contribution in [2.45, 2.75) is 18.9 Å². The second kappa shape index (κ2) is 4.99. The molecule has 2 aromatic rings. The van der Waals surface area contributed by atoms with Crippen molar-refractivity contribution < 1.29 is 8.42 Å². The number of nitrogens with zero attached hydrogens (tertiary/aromatic N) is 3. The summed E-state index contributed by atoms with van der Waals surface area (Å²) in [6, 6.07) is 7.35. The van der Waals surface area contributed by atoms with Crippen molar-refractivity contribution in [3.8, 4) is 11.4 Å². The smallest absolute Gasteiger partial charge is 0.211 e. The van der Waals surface area contributed by atoms with Crippen LogP contribution in [0.25, 0.3) is 11.4 Å². The van der Waals surface area contributed by atoms with Gasteiger partial charge in [0.2, 0.25) is 10.0 Å². The van der Waals surface area contributed by atoms with Gasteiger partial charge >= 0.3 is 0 Å². The number of nitrogens with one attached hydrogen (secondary N) is 1. The lowest BCUT2D eigenvalue weighted by molar-refractivity contribution is 0.394. The number of aromatic nitrogens is 3. The Balaban J connectivity index is 1.97. The Bertz CT molecular complexity index is 697. The van der Waals surface area contributed by atoms with Gasteiger partial charge in [0.25, 0.3) is 0 Å². The molecule has 1 atom stereocenters. The lowest BCUT2D eigenvalue weighted by Crippen LogP contribution is -2.29. The topological polar surface area (TPSA) is 79.0 Å². The molecule has 1 N–H and O–H groups in total. The monoisotopic (exact) mass is 292 g/mol. The summed E-state index contributed by atoms with van der Waals surface area (Å²) in [7, 11) is -3.19. The summed E-state index contributed by atoms with van der Waals surface area (Å²) in [5, 5.41) is 6.78. The third-order valence-corrected chi connectivity index (χ3v) is 4.81. The summed E-state index contributed by atoms with van der Waals surface area (Å²) in [6.07, 6.45) is 4.60. The average molecular weight is 292 g/mol. The second-order valence-corrected chi connectivity index (χ2v) is 6.88. The molecule has 0 bridgehead atoms. The van der Waals surface area contributed by atoms with Gasteiger partial charge in [0.1, 0.15) is 0 Å². The van der Waals surface area contributed by atoms with Crippen molar-refractivity contribution in [2.24, 2.45) is 0 Å². The van der Waals surface area contributed by atoms with E-state index in [1.165, 1.54) is 10.6 Å². The lowest BCUT2D eigenvalue weighted by Gasteiger charge is -2.21. The standard InChI is InChI=1S/C13H16N4O2S/c1-20(18,19)17-9-3-6-13(17)12-5-2-4-10(15-12)11-7-8-14-16-11/h2,4-5,7-8,13H,3,6,9H2,1H3,(H,14,16)/t13-/m1/s1. The lowest BCUT2D eigenvalue weighted by atomic mass is 10.1. The van der Waals surface area contributed by atoms with Gasteiger partial charge in [0.15, 0.2) is 0 Å². The molecule has 1 fully saturated rings. The highest BCUT2D eigenvalue weighted by molar-refractivity contribution is 7.88. The number of hydrogen-bond donors (Lipinski definition) is 1. The van der Waals surface area contributed by atoms with Crippen molar-refractivity contribution in [2.75, 3.05) is 12.8 Å². The fourth-order valence-corrected chi connectivity index (χ4v) is 3.75. The van der Waals surface area contributed by atoms with Crippen LogP contribution >= 0.6 is 0 Å². The summed E-state index contributed by atoms with van der Waals surface area (Å²) >= 11 is 0. The van der Waals surface area contributed by atoms with Crippen LogP contribution in [0.15, 0.2) is 30.5 Å². The third kappa shape index (κ3) is 2.46. The van der Waals surface area contributed by atoms with E-state index in [4.69, 9.17) is 0 Å². The normalized spacial score (nSPS) is 20.4. The van der Waals surface area contributed by atoms with Gasteiger partial charge in [-0.2, -0.15) is 9.40 Å². The van der Waals surface area contributed by atoms with Crippen LogP contribution in [0.1, 0.15) is 24.6 Å². The van der Waals surface area contributed by atoms with Gasteiger partial charge in [-0.1, -0.05) is 6.07 Å². The van der Waals surface area contributed by atoms with Crippen molar-refractivity contribution in [1.29, 1.82) is 0 Å². The summed E-state index contributed by atoms with van der Waals surface area (Å²) in [5.74, 6) is 0. The van der Waals surface area contributed by atoms with Crippen molar-refractivity contribution >= 4 is 10.0 Å². The highest BCUT2D eigenvalue weighted by Crippen LogP contribution is 2.33. The molecule has 0 radical (unpaired) electrons. The van der Waals surface area contributed by atoms with E-state index in [0.29, 0.717) is 6.54 Å². The Kier molecular flexibility index (Phi) is 3.31. The summed E-state index contributed by atoms with van der Waals surface area (Å²) in [4.78, 5) is 4.58. The summed E-state index contributed by atoms with van der Waals surface area (Å²) < 4.78 is 25.2. The molecular weight excluding hydrogens is 276 g/mol. The van der Waals surface area contributed by atoms with Gasteiger partial charge in [-0.25, -0.2) is 13.4 Å². The zero-order valence-corrected chi connectivity index (χ0v) is 12.0. The van der Waals surface area contributed by atoms with Crippen molar-refractivity contribution in [3.05, 3.63) is 36.2 Å². The maximum Gasteiger partial charge on any atom is 0.211 e. The third-order valence-electron chi connectivity index (χ3n) is 3.52. The molecule has 3 rings (SSSR count). The Morgan fingerprint density at radius 3 is 2.90 bits per heavy atom. The molecule has 20 heavy (non-hydrogen) atoms. The van der Waals surface area contributed by atoms with Crippen LogP contribution in [0.3, 0.4) is 0 Å². The van der Waals surface area contributed by atoms with Crippen LogP contribution in [0, 0.1) is 0 Å². The number of rotatable bonds is 3. The fraction of sp³-hybridized carbons (Fsp3) is 0.385. The Labute approximate surface area is 117 Å².